The summed E-state index contributed by atoms with van der Waals surface area (Å²) in [7, 11) is 0. The van der Waals surface area contributed by atoms with E-state index in [1.54, 1.807) is 12.1 Å². The maximum absolute atomic E-state index is 11.7. The molecule has 0 spiro atoms. The van der Waals surface area contributed by atoms with Gasteiger partial charge in [0, 0.05) is 24.3 Å². The summed E-state index contributed by atoms with van der Waals surface area (Å²) in [6.07, 6.45) is 2.57. The summed E-state index contributed by atoms with van der Waals surface area (Å²) in [6.45, 7) is 4.83. The summed E-state index contributed by atoms with van der Waals surface area (Å²) in [6, 6.07) is 7.09. The van der Waals surface area contributed by atoms with Crippen molar-refractivity contribution in [1.29, 1.82) is 0 Å². The monoisotopic (exact) mass is 233 g/mol. The summed E-state index contributed by atoms with van der Waals surface area (Å²) in [5.41, 5.74) is 0.377. The van der Waals surface area contributed by atoms with Crippen LogP contribution in [0.1, 0.15) is 29.8 Å². The van der Waals surface area contributed by atoms with Crippen LogP contribution >= 0.6 is 0 Å². The molecule has 0 atom stereocenters. The average molecular weight is 233 g/mol. The highest BCUT2D eigenvalue weighted by atomic mass is 16.6. The molecule has 0 unspecified atom stereocenters. The molecule has 0 saturated heterocycles. The van der Waals surface area contributed by atoms with Crippen molar-refractivity contribution in [1.82, 2.24) is 0 Å². The smallest absolute Gasteiger partial charge is 0.235 e. The number of ketones is 1. The van der Waals surface area contributed by atoms with E-state index >= 15 is 0 Å². The van der Waals surface area contributed by atoms with Crippen LogP contribution in [0.3, 0.4) is 0 Å². The van der Waals surface area contributed by atoms with Crippen molar-refractivity contribution in [3.05, 3.63) is 57.7 Å². The lowest BCUT2D eigenvalue weighted by molar-refractivity contribution is -0.545. The van der Waals surface area contributed by atoms with Crippen LogP contribution in [0.2, 0.25) is 0 Å². The van der Waals surface area contributed by atoms with E-state index in [0.717, 1.165) is 5.56 Å². The van der Waals surface area contributed by atoms with Crippen molar-refractivity contribution in [3.8, 4) is 0 Å². The third-order valence-corrected chi connectivity index (χ3v) is 2.45. The first-order valence-electron chi connectivity index (χ1n) is 5.27. The van der Waals surface area contributed by atoms with Crippen molar-refractivity contribution >= 4 is 5.78 Å². The SMILES string of the molecule is Cc1ccc(C(=O)C=CC(C)(C)[N+](=O)[O-])cc1. The van der Waals surface area contributed by atoms with E-state index in [1.807, 2.05) is 19.1 Å². The second-order valence-electron chi connectivity index (χ2n) is 4.47. The molecule has 0 bridgehead atoms. The Hall–Kier alpha value is -1.97. The van der Waals surface area contributed by atoms with Gasteiger partial charge in [0.25, 0.3) is 0 Å². The lowest BCUT2D eigenvalue weighted by Gasteiger charge is -2.09. The maximum atomic E-state index is 11.7. The van der Waals surface area contributed by atoms with Crippen LogP contribution in [0.25, 0.3) is 0 Å². The number of hydrogen-bond acceptors (Lipinski definition) is 3. The molecule has 0 N–H and O–H groups in total. The Balaban J connectivity index is 2.83. The molecular formula is C13H15NO3. The van der Waals surface area contributed by atoms with Crippen LogP contribution in [0.15, 0.2) is 36.4 Å². The maximum Gasteiger partial charge on any atom is 0.235 e. The van der Waals surface area contributed by atoms with E-state index < -0.39 is 10.5 Å². The molecule has 4 nitrogen and oxygen atoms in total. The van der Waals surface area contributed by atoms with Gasteiger partial charge in [-0.25, -0.2) is 0 Å². The first-order chi connectivity index (χ1) is 7.83. The van der Waals surface area contributed by atoms with Gasteiger partial charge in [0.1, 0.15) is 0 Å². The lowest BCUT2D eigenvalue weighted by atomic mass is 10.0. The Morgan fingerprint density at radius 1 is 1.29 bits per heavy atom. The Morgan fingerprint density at radius 2 is 1.82 bits per heavy atom. The number of allylic oxidation sites excluding steroid dienone is 1. The van der Waals surface area contributed by atoms with Gasteiger partial charge in [-0.15, -0.1) is 0 Å². The fourth-order valence-corrected chi connectivity index (χ4v) is 1.15. The van der Waals surface area contributed by atoms with E-state index in [-0.39, 0.29) is 5.78 Å². The second kappa shape index (κ2) is 4.91. The van der Waals surface area contributed by atoms with Gasteiger partial charge >= 0.3 is 0 Å². The van der Waals surface area contributed by atoms with Crippen molar-refractivity contribution in [2.75, 3.05) is 0 Å². The van der Waals surface area contributed by atoms with Crippen LogP contribution in [-0.2, 0) is 0 Å². The van der Waals surface area contributed by atoms with E-state index in [0.29, 0.717) is 5.56 Å². The molecule has 0 fully saturated rings. The number of carbonyl (C=O) groups is 1. The van der Waals surface area contributed by atoms with Crippen molar-refractivity contribution in [3.63, 3.8) is 0 Å². The summed E-state index contributed by atoms with van der Waals surface area (Å²) in [5.74, 6) is -0.222. The topological polar surface area (TPSA) is 60.2 Å². The molecule has 0 amide bonds. The predicted octanol–water partition coefficient (Wildman–Crippen LogP) is 2.79. The molecule has 0 saturated carbocycles. The van der Waals surface area contributed by atoms with Crippen LogP contribution in [0.5, 0.6) is 0 Å². The van der Waals surface area contributed by atoms with E-state index in [2.05, 4.69) is 0 Å². The average Bonchev–Trinajstić information content (AvgIpc) is 2.27. The van der Waals surface area contributed by atoms with E-state index in [1.165, 1.54) is 26.0 Å². The standard InChI is InChI=1S/C13H15NO3/c1-10-4-6-11(7-5-10)12(15)8-9-13(2,3)14(16)17/h4-9H,1-3H3. The number of aryl methyl sites for hydroxylation is 1. The molecule has 0 heterocycles. The predicted molar refractivity (Wildman–Crippen MR) is 65.7 cm³/mol. The molecule has 0 aliphatic carbocycles. The van der Waals surface area contributed by atoms with Gasteiger partial charge in [0.05, 0.1) is 0 Å². The van der Waals surface area contributed by atoms with Crippen LogP contribution in [0.4, 0.5) is 0 Å². The highest BCUT2D eigenvalue weighted by Gasteiger charge is 2.26. The molecular weight excluding hydrogens is 218 g/mol. The minimum Gasteiger partial charge on any atom is -0.289 e. The number of carbonyl (C=O) groups excluding carboxylic acids is 1. The first kappa shape index (κ1) is 13.1. The fourth-order valence-electron chi connectivity index (χ4n) is 1.15. The largest absolute Gasteiger partial charge is 0.289 e. The molecule has 1 rings (SSSR count). The van der Waals surface area contributed by atoms with Crippen LogP contribution in [-0.4, -0.2) is 16.2 Å². The summed E-state index contributed by atoms with van der Waals surface area (Å²) in [4.78, 5) is 21.9. The lowest BCUT2D eigenvalue weighted by Crippen LogP contribution is -2.28. The number of nitro groups is 1. The Morgan fingerprint density at radius 3 is 2.29 bits per heavy atom. The Bertz CT molecular complexity index is 458. The number of hydrogen-bond donors (Lipinski definition) is 0. The zero-order chi connectivity index (χ0) is 13.1. The quantitative estimate of drug-likeness (QED) is 0.347. The van der Waals surface area contributed by atoms with Crippen molar-refractivity contribution in [2.24, 2.45) is 0 Å². The third kappa shape index (κ3) is 3.52. The van der Waals surface area contributed by atoms with E-state index in [4.69, 9.17) is 0 Å². The molecule has 1 aromatic rings. The molecule has 0 aliphatic rings. The third-order valence-electron chi connectivity index (χ3n) is 2.45. The highest BCUT2D eigenvalue weighted by molar-refractivity contribution is 6.04. The minimum absolute atomic E-state index is 0.222. The van der Waals surface area contributed by atoms with Gasteiger partial charge in [-0.3, -0.25) is 14.9 Å². The zero-order valence-corrected chi connectivity index (χ0v) is 10.1. The van der Waals surface area contributed by atoms with Gasteiger partial charge in [0.2, 0.25) is 5.54 Å². The highest BCUT2D eigenvalue weighted by Crippen LogP contribution is 2.11. The molecule has 90 valence electrons. The van der Waals surface area contributed by atoms with Crippen LogP contribution in [0, 0.1) is 17.0 Å². The first-order valence-corrected chi connectivity index (χ1v) is 5.27. The van der Waals surface area contributed by atoms with E-state index in [9.17, 15) is 14.9 Å². The molecule has 1 aromatic carbocycles. The molecule has 17 heavy (non-hydrogen) atoms. The second-order valence-corrected chi connectivity index (χ2v) is 4.47. The number of benzene rings is 1. The summed E-state index contributed by atoms with van der Waals surface area (Å²) >= 11 is 0. The molecule has 0 aromatic heterocycles. The Kier molecular flexibility index (Phi) is 3.78. The zero-order valence-electron chi connectivity index (χ0n) is 10.1. The van der Waals surface area contributed by atoms with Gasteiger partial charge in [0.15, 0.2) is 5.78 Å². The normalized spacial score (nSPS) is 11.7. The summed E-state index contributed by atoms with van der Waals surface area (Å²) < 4.78 is 0. The molecule has 0 aliphatic heterocycles. The Labute approximate surface area is 100 Å². The van der Waals surface area contributed by atoms with Crippen LogP contribution < -0.4 is 0 Å². The van der Waals surface area contributed by atoms with Crippen molar-refractivity contribution < 1.29 is 9.72 Å². The number of nitrogens with zero attached hydrogens (tertiary/aromatic N) is 1. The minimum atomic E-state index is -1.22. The van der Waals surface area contributed by atoms with Crippen molar-refractivity contribution in [2.45, 2.75) is 26.3 Å². The van der Waals surface area contributed by atoms with Gasteiger partial charge in [-0.1, -0.05) is 29.8 Å². The molecule has 0 radical (unpaired) electrons. The number of rotatable bonds is 4. The van der Waals surface area contributed by atoms with Gasteiger partial charge in [-0.2, -0.15) is 0 Å². The summed E-state index contributed by atoms with van der Waals surface area (Å²) in [5, 5.41) is 10.7. The molecule has 4 heteroatoms. The van der Waals surface area contributed by atoms with Gasteiger partial charge in [-0.05, 0) is 19.1 Å². The van der Waals surface area contributed by atoms with Gasteiger partial charge < -0.3 is 0 Å². The fraction of sp³-hybridized carbons (Fsp3) is 0.308.